The average molecular weight is 593 g/mol. The van der Waals surface area contributed by atoms with Crippen LogP contribution in [-0.4, -0.2) is 24.6 Å². The lowest BCUT2D eigenvalue weighted by molar-refractivity contribution is -0.190. The minimum absolute atomic E-state index is 0.00707. The van der Waals surface area contributed by atoms with E-state index >= 15 is 0 Å². The third-order valence-electron chi connectivity index (χ3n) is 11.9. The summed E-state index contributed by atoms with van der Waals surface area (Å²) in [6.45, 7) is 13.7. The van der Waals surface area contributed by atoms with Crippen LogP contribution in [0.25, 0.3) is 0 Å². The highest BCUT2D eigenvalue weighted by molar-refractivity contribution is 14.1. The van der Waals surface area contributed by atoms with Gasteiger partial charge in [-0.1, -0.05) is 53.2 Å². The standard InChI is InChI=1S/C30H41IO4/c1-17-18-8-9-28(5)22(27(18,4)16-20(31)24(17)33)14-21(32)23-19-15-26(2,3)10-12-30(19,25(34)35-7)13-11-29(23,28)6/h14,16-19,23H,8-13,15H2,1-7H3/t17-,18-,19-,23-,27-,28+,29+,30-/m0/s1. The summed E-state index contributed by atoms with van der Waals surface area (Å²) >= 11 is 2.20. The predicted molar refractivity (Wildman–Crippen MR) is 145 cm³/mol. The molecular formula is C30H41IO4. The maximum atomic E-state index is 14.3. The minimum atomic E-state index is -0.548. The minimum Gasteiger partial charge on any atom is -0.469 e. The van der Waals surface area contributed by atoms with Crippen molar-refractivity contribution in [3.05, 3.63) is 21.3 Å². The molecule has 35 heavy (non-hydrogen) atoms. The van der Waals surface area contributed by atoms with Gasteiger partial charge in [-0.2, -0.15) is 0 Å². The third-order valence-corrected chi connectivity index (χ3v) is 12.8. The zero-order valence-corrected chi connectivity index (χ0v) is 24.6. The fraction of sp³-hybridized carbons (Fsp3) is 0.767. The van der Waals surface area contributed by atoms with Crippen molar-refractivity contribution in [3.63, 3.8) is 0 Å². The van der Waals surface area contributed by atoms with Gasteiger partial charge in [0.2, 0.25) is 0 Å². The lowest BCUT2D eigenvalue weighted by atomic mass is 9.35. The van der Waals surface area contributed by atoms with E-state index in [2.05, 4.69) is 70.2 Å². The Morgan fingerprint density at radius 1 is 1.00 bits per heavy atom. The first kappa shape index (κ1) is 25.7. The predicted octanol–water partition coefficient (Wildman–Crippen LogP) is 6.86. The summed E-state index contributed by atoms with van der Waals surface area (Å²) in [7, 11) is 1.51. The number of allylic oxidation sites excluding steroid dienone is 4. The van der Waals surface area contributed by atoms with Crippen LogP contribution < -0.4 is 0 Å². The molecule has 0 aromatic carbocycles. The number of hydrogen-bond donors (Lipinski definition) is 0. The summed E-state index contributed by atoms with van der Waals surface area (Å²) in [5, 5.41) is 0. The van der Waals surface area contributed by atoms with E-state index in [-0.39, 0.29) is 62.9 Å². The normalized spacial score (nSPS) is 48.5. The number of fused-ring (bicyclic) bond motifs is 7. The van der Waals surface area contributed by atoms with E-state index in [0.29, 0.717) is 0 Å². The van der Waals surface area contributed by atoms with Gasteiger partial charge in [-0.25, -0.2) is 0 Å². The van der Waals surface area contributed by atoms with Crippen LogP contribution in [0.4, 0.5) is 0 Å². The van der Waals surface area contributed by atoms with Gasteiger partial charge in [0.15, 0.2) is 11.6 Å². The molecule has 0 saturated heterocycles. The molecular weight excluding hydrogens is 551 g/mol. The van der Waals surface area contributed by atoms with E-state index in [1.165, 1.54) is 12.7 Å². The summed E-state index contributed by atoms with van der Waals surface area (Å²) in [4.78, 5) is 40.5. The molecule has 0 aromatic heterocycles. The molecule has 5 aliphatic carbocycles. The molecule has 0 unspecified atom stereocenters. The summed E-state index contributed by atoms with van der Waals surface area (Å²) in [6.07, 6.45) is 10.5. The van der Waals surface area contributed by atoms with Crippen molar-refractivity contribution in [2.75, 3.05) is 7.11 Å². The van der Waals surface area contributed by atoms with E-state index in [1.807, 2.05) is 6.08 Å². The Morgan fingerprint density at radius 2 is 1.66 bits per heavy atom. The smallest absolute Gasteiger partial charge is 0.312 e. The first-order chi connectivity index (χ1) is 16.2. The Labute approximate surface area is 224 Å². The number of methoxy groups -OCH3 is 1. The molecule has 0 amide bonds. The van der Waals surface area contributed by atoms with E-state index in [9.17, 15) is 14.4 Å². The number of ketones is 2. The second kappa shape index (κ2) is 7.77. The molecule has 4 nitrogen and oxygen atoms in total. The van der Waals surface area contributed by atoms with Crippen LogP contribution in [0.3, 0.4) is 0 Å². The lowest BCUT2D eigenvalue weighted by Gasteiger charge is -2.68. The summed E-state index contributed by atoms with van der Waals surface area (Å²) < 4.78 is 6.22. The highest BCUT2D eigenvalue weighted by Gasteiger charge is 2.70. The van der Waals surface area contributed by atoms with Gasteiger partial charge in [-0.3, -0.25) is 14.4 Å². The second-order valence-electron chi connectivity index (χ2n) is 13.9. The fourth-order valence-electron chi connectivity index (χ4n) is 9.66. The fourth-order valence-corrected chi connectivity index (χ4v) is 10.8. The van der Waals surface area contributed by atoms with Crippen molar-refractivity contribution in [2.24, 2.45) is 50.7 Å². The van der Waals surface area contributed by atoms with E-state index < -0.39 is 5.41 Å². The summed E-state index contributed by atoms with van der Waals surface area (Å²) in [6, 6.07) is 0. The van der Waals surface area contributed by atoms with Gasteiger partial charge < -0.3 is 4.74 Å². The Hall–Kier alpha value is -0.980. The monoisotopic (exact) mass is 592 g/mol. The van der Waals surface area contributed by atoms with Crippen LogP contribution in [0.5, 0.6) is 0 Å². The highest BCUT2D eigenvalue weighted by atomic mass is 127. The zero-order valence-electron chi connectivity index (χ0n) is 22.4. The Balaban J connectivity index is 1.68. The largest absolute Gasteiger partial charge is 0.469 e. The van der Waals surface area contributed by atoms with Gasteiger partial charge in [-0.05, 0) is 102 Å². The number of ether oxygens (including phenoxy) is 1. The molecule has 0 heterocycles. The molecule has 0 aromatic rings. The van der Waals surface area contributed by atoms with E-state index in [0.717, 1.165) is 48.5 Å². The molecule has 8 atom stereocenters. The Bertz CT molecular complexity index is 1070. The first-order valence-corrected chi connectivity index (χ1v) is 14.5. The number of halogens is 1. The van der Waals surface area contributed by atoms with Gasteiger partial charge in [-0.15, -0.1) is 0 Å². The van der Waals surface area contributed by atoms with Crippen LogP contribution in [-0.2, 0) is 19.1 Å². The van der Waals surface area contributed by atoms with E-state index in [1.54, 1.807) is 0 Å². The summed E-state index contributed by atoms with van der Waals surface area (Å²) in [5.41, 5.74) is 0.138. The number of carbonyl (C=O) groups is 3. The van der Waals surface area contributed by atoms with Crippen LogP contribution in [0, 0.1) is 50.7 Å². The molecule has 192 valence electrons. The van der Waals surface area contributed by atoms with Crippen LogP contribution >= 0.6 is 22.6 Å². The molecule has 0 radical (unpaired) electrons. The molecule has 3 fully saturated rings. The number of esters is 1. The molecule has 5 heteroatoms. The molecule has 5 rings (SSSR count). The van der Waals surface area contributed by atoms with Gasteiger partial charge in [0.05, 0.1) is 16.1 Å². The van der Waals surface area contributed by atoms with Crippen molar-refractivity contribution < 1.29 is 19.1 Å². The average Bonchev–Trinajstić information content (AvgIpc) is 2.78. The molecule has 0 spiro atoms. The number of hydrogen-bond acceptors (Lipinski definition) is 4. The number of carbonyl (C=O) groups excluding carboxylic acids is 3. The molecule has 0 aliphatic heterocycles. The van der Waals surface area contributed by atoms with Gasteiger partial charge >= 0.3 is 5.97 Å². The molecule has 3 saturated carbocycles. The second-order valence-corrected chi connectivity index (χ2v) is 15.0. The maximum absolute atomic E-state index is 14.3. The highest BCUT2D eigenvalue weighted by Crippen LogP contribution is 2.74. The molecule has 0 N–H and O–H groups in total. The van der Waals surface area contributed by atoms with Gasteiger partial charge in [0.1, 0.15) is 0 Å². The SMILES string of the molecule is COC(=O)[C@]12CCC(C)(C)C[C@H]1[C@H]1C(=O)C=C3[C@@]4(C)C=C(I)C(=O)[C@@H](C)[C@@H]4CC[C@@]3(C)[C@]1(C)CC2. The van der Waals surface area contributed by atoms with Crippen LogP contribution in [0.1, 0.15) is 86.5 Å². The van der Waals surface area contributed by atoms with Crippen molar-refractivity contribution in [2.45, 2.75) is 86.5 Å². The molecule has 0 bridgehead atoms. The zero-order chi connectivity index (χ0) is 25.8. The Kier molecular flexibility index (Phi) is 5.69. The van der Waals surface area contributed by atoms with Crippen LogP contribution in [0.15, 0.2) is 21.3 Å². The van der Waals surface area contributed by atoms with Gasteiger partial charge in [0, 0.05) is 17.3 Å². The number of Topliss-reactive ketones (excluding diaryl/α,β-unsaturated/α-hetero) is 1. The summed E-state index contributed by atoms with van der Waals surface area (Å²) in [5.74, 6) is 0.370. The van der Waals surface area contributed by atoms with Crippen molar-refractivity contribution in [3.8, 4) is 0 Å². The van der Waals surface area contributed by atoms with Crippen molar-refractivity contribution in [1.82, 2.24) is 0 Å². The third kappa shape index (κ3) is 3.18. The quantitative estimate of drug-likeness (QED) is 0.247. The Morgan fingerprint density at radius 3 is 2.31 bits per heavy atom. The first-order valence-electron chi connectivity index (χ1n) is 13.4. The van der Waals surface area contributed by atoms with Crippen LogP contribution in [0.2, 0.25) is 0 Å². The molecule has 5 aliphatic rings. The number of rotatable bonds is 1. The van der Waals surface area contributed by atoms with Crippen molar-refractivity contribution >= 4 is 40.1 Å². The van der Waals surface area contributed by atoms with Crippen molar-refractivity contribution in [1.29, 1.82) is 0 Å². The van der Waals surface area contributed by atoms with Gasteiger partial charge in [0.25, 0.3) is 0 Å². The maximum Gasteiger partial charge on any atom is 0.312 e. The lowest BCUT2D eigenvalue weighted by Crippen LogP contribution is -2.65. The topological polar surface area (TPSA) is 60.4 Å². The van der Waals surface area contributed by atoms with E-state index in [4.69, 9.17) is 4.74 Å².